The van der Waals surface area contributed by atoms with Gasteiger partial charge in [0.2, 0.25) is 0 Å². The highest BCUT2D eigenvalue weighted by atomic mass is 79.9. The first-order chi connectivity index (χ1) is 16.2. The van der Waals surface area contributed by atoms with Gasteiger partial charge in [-0.25, -0.2) is 12.6 Å². The fraction of sp³-hybridized carbons (Fsp3) is 0.414. The summed E-state index contributed by atoms with van der Waals surface area (Å²) in [5, 5.41) is 6.70. The standard InChI is InChI=1S/C29H34Br2N2O2/c1-18(32(7)30)29(6,27(2,3)28(4,5)33(8)31)35-26(34)23-17-15-21-13-12-19-10-9-11-20-14-16-22(23)25(21)24(19)20/h9-18H,1-8H3. The van der Waals surface area contributed by atoms with E-state index in [1.165, 1.54) is 16.2 Å². The molecule has 0 bridgehead atoms. The molecule has 0 spiro atoms. The van der Waals surface area contributed by atoms with E-state index in [9.17, 15) is 4.79 Å². The van der Waals surface area contributed by atoms with Crippen molar-refractivity contribution in [1.29, 1.82) is 0 Å². The monoisotopic (exact) mass is 600 g/mol. The Labute approximate surface area is 225 Å². The van der Waals surface area contributed by atoms with Crippen molar-refractivity contribution >= 4 is 70.6 Å². The van der Waals surface area contributed by atoms with Gasteiger partial charge in [0.25, 0.3) is 0 Å². The second kappa shape index (κ2) is 8.98. The molecule has 186 valence electrons. The van der Waals surface area contributed by atoms with Crippen molar-refractivity contribution in [2.75, 3.05) is 14.1 Å². The van der Waals surface area contributed by atoms with Crippen molar-refractivity contribution in [3.05, 3.63) is 60.2 Å². The number of carbonyl (C=O) groups is 1. The van der Waals surface area contributed by atoms with E-state index in [0.29, 0.717) is 5.56 Å². The summed E-state index contributed by atoms with van der Waals surface area (Å²) in [5.74, 6) is -0.312. The first kappa shape index (κ1) is 26.3. The lowest BCUT2D eigenvalue weighted by Crippen LogP contribution is -2.66. The van der Waals surface area contributed by atoms with Crippen molar-refractivity contribution in [3.63, 3.8) is 0 Å². The molecule has 0 heterocycles. The molecule has 0 aromatic heterocycles. The Bertz CT molecular complexity index is 1380. The molecule has 2 atom stereocenters. The number of likely N-dealkylation sites (N-methyl/N-ethyl adjacent to an activating group) is 1. The summed E-state index contributed by atoms with van der Waals surface area (Å²) < 4.78 is 10.5. The maximum Gasteiger partial charge on any atom is 0.339 e. The summed E-state index contributed by atoms with van der Waals surface area (Å²) in [7, 11) is 3.95. The van der Waals surface area contributed by atoms with Crippen LogP contribution in [0.15, 0.2) is 54.6 Å². The van der Waals surface area contributed by atoms with Crippen LogP contribution in [0.25, 0.3) is 32.3 Å². The van der Waals surface area contributed by atoms with Crippen LogP contribution >= 0.6 is 32.3 Å². The third-order valence-electron chi connectivity index (χ3n) is 8.93. The number of esters is 1. The molecule has 6 heteroatoms. The van der Waals surface area contributed by atoms with Crippen molar-refractivity contribution in [2.45, 2.75) is 58.7 Å². The summed E-state index contributed by atoms with van der Waals surface area (Å²) in [6.07, 6.45) is 0. The molecule has 4 aromatic rings. The summed E-state index contributed by atoms with van der Waals surface area (Å²) in [5.41, 5.74) is -1.06. The molecular formula is C29H34Br2N2O2. The molecule has 0 radical (unpaired) electrons. The van der Waals surface area contributed by atoms with Gasteiger partial charge in [0.1, 0.15) is 5.60 Å². The summed E-state index contributed by atoms with van der Waals surface area (Å²) >= 11 is 7.28. The molecule has 0 N–H and O–H groups in total. The zero-order valence-electron chi connectivity index (χ0n) is 21.7. The Hall–Kier alpha value is -1.73. The molecule has 4 rings (SSSR count). The van der Waals surface area contributed by atoms with Gasteiger partial charge >= 0.3 is 5.97 Å². The number of ether oxygens (including phenoxy) is 1. The summed E-state index contributed by atoms with van der Waals surface area (Å²) in [6.45, 7) is 12.8. The van der Waals surface area contributed by atoms with Crippen LogP contribution in [0.3, 0.4) is 0 Å². The van der Waals surface area contributed by atoms with E-state index in [1.807, 2.05) is 41.0 Å². The van der Waals surface area contributed by atoms with Crippen LogP contribution in [-0.4, -0.2) is 45.1 Å². The number of hydrogen-bond acceptors (Lipinski definition) is 4. The van der Waals surface area contributed by atoms with Crippen molar-refractivity contribution in [2.24, 2.45) is 5.41 Å². The van der Waals surface area contributed by atoms with Crippen LogP contribution < -0.4 is 0 Å². The fourth-order valence-electron chi connectivity index (χ4n) is 5.23. The summed E-state index contributed by atoms with van der Waals surface area (Å²) in [6, 6.07) is 18.6. The number of benzene rings is 4. The lowest BCUT2D eigenvalue weighted by atomic mass is 9.61. The van der Waals surface area contributed by atoms with Crippen LogP contribution in [0.2, 0.25) is 0 Å². The minimum Gasteiger partial charge on any atom is -0.453 e. The number of halogens is 2. The average molecular weight is 602 g/mol. The molecule has 0 amide bonds. The van der Waals surface area contributed by atoms with Gasteiger partial charge in [0.05, 0.1) is 11.6 Å². The van der Waals surface area contributed by atoms with Crippen LogP contribution in [0.4, 0.5) is 0 Å². The predicted octanol–water partition coefficient (Wildman–Crippen LogP) is 8.18. The zero-order valence-corrected chi connectivity index (χ0v) is 24.9. The Morgan fingerprint density at radius 2 is 1.34 bits per heavy atom. The normalized spacial score (nSPS) is 15.9. The Morgan fingerprint density at radius 1 is 0.829 bits per heavy atom. The van der Waals surface area contributed by atoms with Gasteiger partial charge in [0, 0.05) is 43.2 Å². The first-order valence-corrected chi connectivity index (χ1v) is 13.3. The van der Waals surface area contributed by atoms with E-state index in [1.54, 1.807) is 0 Å². The highest BCUT2D eigenvalue weighted by molar-refractivity contribution is 9.07. The molecule has 4 nitrogen and oxygen atoms in total. The van der Waals surface area contributed by atoms with Crippen LogP contribution in [0, 0.1) is 5.41 Å². The Kier molecular flexibility index (Phi) is 6.76. The number of carbonyl (C=O) groups excluding carboxylic acids is 1. The lowest BCUT2D eigenvalue weighted by molar-refractivity contribution is -0.140. The van der Waals surface area contributed by atoms with E-state index < -0.39 is 11.0 Å². The molecule has 0 aliphatic carbocycles. The maximum absolute atomic E-state index is 14.0. The van der Waals surface area contributed by atoms with E-state index in [-0.39, 0.29) is 17.6 Å². The van der Waals surface area contributed by atoms with E-state index >= 15 is 0 Å². The highest BCUT2D eigenvalue weighted by Gasteiger charge is 2.58. The van der Waals surface area contributed by atoms with E-state index in [0.717, 1.165) is 16.2 Å². The highest BCUT2D eigenvalue weighted by Crippen LogP contribution is 2.50. The Balaban J connectivity index is 1.88. The smallest absolute Gasteiger partial charge is 0.339 e. The average Bonchev–Trinajstić information content (AvgIpc) is 2.81. The van der Waals surface area contributed by atoms with Gasteiger partial charge in [-0.1, -0.05) is 62.4 Å². The molecule has 35 heavy (non-hydrogen) atoms. The Morgan fingerprint density at radius 3 is 1.89 bits per heavy atom. The van der Waals surface area contributed by atoms with E-state index in [2.05, 4.69) is 109 Å². The number of hydrogen-bond donors (Lipinski definition) is 0. The van der Waals surface area contributed by atoms with Crippen LogP contribution in [-0.2, 0) is 4.74 Å². The van der Waals surface area contributed by atoms with Crippen molar-refractivity contribution in [3.8, 4) is 0 Å². The predicted molar refractivity (Wildman–Crippen MR) is 155 cm³/mol. The second-order valence-electron chi connectivity index (χ2n) is 10.8. The summed E-state index contributed by atoms with van der Waals surface area (Å²) in [4.78, 5) is 14.0. The van der Waals surface area contributed by atoms with Crippen molar-refractivity contribution in [1.82, 2.24) is 7.85 Å². The van der Waals surface area contributed by atoms with Gasteiger partial charge in [0.15, 0.2) is 0 Å². The maximum atomic E-state index is 14.0. The van der Waals surface area contributed by atoms with Gasteiger partial charge in [-0.05, 0) is 80.2 Å². The SMILES string of the molecule is CC(N(C)Br)C(C)(OC(=O)c1ccc2ccc3cccc4ccc1c2c34)C(C)(C)C(C)(C)N(C)Br. The zero-order chi connectivity index (χ0) is 25.9. The van der Waals surface area contributed by atoms with Crippen LogP contribution in [0.1, 0.15) is 51.9 Å². The molecule has 0 fully saturated rings. The minimum atomic E-state index is -0.849. The van der Waals surface area contributed by atoms with Crippen LogP contribution in [0.5, 0.6) is 0 Å². The van der Waals surface area contributed by atoms with Gasteiger partial charge in [-0.2, -0.15) is 0 Å². The molecule has 0 aliphatic rings. The van der Waals surface area contributed by atoms with E-state index in [4.69, 9.17) is 4.74 Å². The second-order valence-corrected chi connectivity index (χ2v) is 13.0. The molecular weight excluding hydrogens is 568 g/mol. The third kappa shape index (κ3) is 3.97. The minimum absolute atomic E-state index is 0.118. The van der Waals surface area contributed by atoms with Gasteiger partial charge in [-0.15, -0.1) is 0 Å². The third-order valence-corrected chi connectivity index (χ3v) is 10.4. The van der Waals surface area contributed by atoms with Crippen molar-refractivity contribution < 1.29 is 9.53 Å². The molecule has 0 aliphatic heterocycles. The fourth-order valence-corrected chi connectivity index (χ4v) is 6.06. The molecule has 0 saturated carbocycles. The lowest BCUT2D eigenvalue weighted by Gasteiger charge is -2.56. The molecule has 0 saturated heterocycles. The molecule has 4 aromatic carbocycles. The number of rotatable bonds is 7. The number of nitrogens with zero attached hydrogens (tertiary/aromatic N) is 2. The quantitative estimate of drug-likeness (QED) is 0.121. The largest absolute Gasteiger partial charge is 0.453 e. The van der Waals surface area contributed by atoms with Gasteiger partial charge < -0.3 is 4.74 Å². The topological polar surface area (TPSA) is 32.8 Å². The molecule has 2 unspecified atom stereocenters. The van der Waals surface area contributed by atoms with Gasteiger partial charge in [-0.3, -0.25) is 0 Å². The first-order valence-electron chi connectivity index (χ1n) is 11.9.